The Morgan fingerprint density at radius 1 is 1.14 bits per heavy atom. The van der Waals surface area contributed by atoms with E-state index in [1.54, 1.807) is 12.1 Å². The van der Waals surface area contributed by atoms with Gasteiger partial charge in [-0.2, -0.15) is 0 Å². The van der Waals surface area contributed by atoms with Crippen LogP contribution in [0.15, 0.2) is 22.7 Å². The van der Waals surface area contributed by atoms with Gasteiger partial charge < -0.3 is 15.5 Å². The van der Waals surface area contributed by atoms with Crippen LogP contribution in [0.5, 0.6) is 0 Å². The summed E-state index contributed by atoms with van der Waals surface area (Å²) in [7, 11) is 0. The molecular weight excluding hydrogens is 330 g/mol. The summed E-state index contributed by atoms with van der Waals surface area (Å²) in [4.78, 5) is 17.2. The van der Waals surface area contributed by atoms with E-state index in [4.69, 9.17) is 5.73 Å². The van der Waals surface area contributed by atoms with Gasteiger partial charge in [0.25, 0.3) is 5.91 Å². The summed E-state index contributed by atoms with van der Waals surface area (Å²) < 4.78 is 0.823. The fourth-order valence-electron chi connectivity index (χ4n) is 3.42. The highest BCUT2D eigenvalue weighted by molar-refractivity contribution is 9.10. The summed E-state index contributed by atoms with van der Waals surface area (Å²) in [5.74, 6) is 0.0917. The molecule has 5 heteroatoms. The van der Waals surface area contributed by atoms with Gasteiger partial charge in [0.1, 0.15) is 0 Å². The molecule has 2 heterocycles. The lowest BCUT2D eigenvalue weighted by molar-refractivity contribution is 0.0643. The Bertz CT molecular complexity index is 520. The van der Waals surface area contributed by atoms with Gasteiger partial charge in [-0.25, -0.2) is 0 Å². The Balaban J connectivity index is 1.63. The monoisotopic (exact) mass is 351 g/mol. The van der Waals surface area contributed by atoms with Crippen molar-refractivity contribution in [3.63, 3.8) is 0 Å². The molecule has 114 valence electrons. The zero-order valence-electron chi connectivity index (χ0n) is 12.2. The average molecular weight is 352 g/mol. The van der Waals surface area contributed by atoms with Gasteiger partial charge in [-0.3, -0.25) is 4.79 Å². The van der Waals surface area contributed by atoms with Crippen LogP contribution in [0.25, 0.3) is 0 Å². The number of nitrogens with two attached hydrogens (primary N) is 1. The molecular formula is C16H22BrN3O. The molecule has 0 saturated carbocycles. The van der Waals surface area contributed by atoms with Crippen molar-refractivity contribution in [1.82, 2.24) is 9.80 Å². The van der Waals surface area contributed by atoms with Gasteiger partial charge in [0.05, 0.1) is 5.56 Å². The van der Waals surface area contributed by atoms with E-state index in [1.807, 2.05) is 11.0 Å². The highest BCUT2D eigenvalue weighted by atomic mass is 79.9. The predicted molar refractivity (Wildman–Crippen MR) is 88.3 cm³/mol. The van der Waals surface area contributed by atoms with Crippen LogP contribution >= 0.6 is 15.9 Å². The van der Waals surface area contributed by atoms with Crippen molar-refractivity contribution >= 4 is 27.5 Å². The molecule has 2 saturated heterocycles. The first-order valence-electron chi connectivity index (χ1n) is 7.73. The maximum atomic E-state index is 12.6. The number of piperidine rings is 1. The quantitative estimate of drug-likeness (QED) is 0.833. The summed E-state index contributed by atoms with van der Waals surface area (Å²) in [5.41, 5.74) is 7.11. The van der Waals surface area contributed by atoms with Gasteiger partial charge in [0.2, 0.25) is 0 Å². The van der Waals surface area contributed by atoms with Crippen molar-refractivity contribution in [2.75, 3.05) is 31.9 Å². The predicted octanol–water partition coefficient (Wildman–Crippen LogP) is 2.73. The molecule has 0 atom stereocenters. The normalized spacial score (nSPS) is 20.9. The summed E-state index contributed by atoms with van der Waals surface area (Å²) >= 11 is 3.45. The molecule has 0 aliphatic carbocycles. The van der Waals surface area contributed by atoms with Crippen molar-refractivity contribution in [2.45, 2.75) is 31.7 Å². The number of rotatable bonds is 2. The minimum atomic E-state index is 0.0917. The molecule has 2 fully saturated rings. The zero-order chi connectivity index (χ0) is 14.8. The Hall–Kier alpha value is -1.07. The molecule has 0 spiro atoms. The lowest BCUT2D eigenvalue weighted by Gasteiger charge is -2.36. The van der Waals surface area contributed by atoms with Gasteiger partial charge in [-0.1, -0.05) is 0 Å². The fourth-order valence-corrected chi connectivity index (χ4v) is 3.83. The van der Waals surface area contributed by atoms with Crippen molar-refractivity contribution in [2.24, 2.45) is 0 Å². The van der Waals surface area contributed by atoms with E-state index < -0.39 is 0 Å². The van der Waals surface area contributed by atoms with Crippen LogP contribution in [-0.4, -0.2) is 47.9 Å². The second-order valence-corrected chi connectivity index (χ2v) is 6.86. The fraction of sp³-hybridized carbons (Fsp3) is 0.562. The van der Waals surface area contributed by atoms with Gasteiger partial charge >= 0.3 is 0 Å². The van der Waals surface area contributed by atoms with E-state index in [0.29, 0.717) is 17.3 Å². The third kappa shape index (κ3) is 3.24. The smallest absolute Gasteiger partial charge is 0.255 e. The molecule has 1 amide bonds. The second kappa shape index (κ2) is 6.36. The Morgan fingerprint density at radius 3 is 2.48 bits per heavy atom. The van der Waals surface area contributed by atoms with Crippen LogP contribution < -0.4 is 5.73 Å². The van der Waals surface area contributed by atoms with E-state index >= 15 is 0 Å². The Labute approximate surface area is 134 Å². The van der Waals surface area contributed by atoms with E-state index in [-0.39, 0.29) is 5.91 Å². The highest BCUT2D eigenvalue weighted by Gasteiger charge is 2.29. The van der Waals surface area contributed by atoms with Crippen LogP contribution in [0.3, 0.4) is 0 Å². The van der Waals surface area contributed by atoms with E-state index in [1.165, 1.54) is 25.9 Å². The van der Waals surface area contributed by atoms with Crippen molar-refractivity contribution in [3.8, 4) is 0 Å². The summed E-state index contributed by atoms with van der Waals surface area (Å²) in [6.07, 6.45) is 4.84. The number of amides is 1. The third-order valence-corrected chi connectivity index (χ3v) is 5.32. The van der Waals surface area contributed by atoms with Gasteiger partial charge in [0.15, 0.2) is 0 Å². The number of carbonyl (C=O) groups excluding carboxylic acids is 1. The van der Waals surface area contributed by atoms with Crippen molar-refractivity contribution < 1.29 is 4.79 Å². The summed E-state index contributed by atoms with van der Waals surface area (Å²) in [5, 5.41) is 0. The minimum absolute atomic E-state index is 0.0917. The molecule has 2 N–H and O–H groups in total. The average Bonchev–Trinajstić information content (AvgIpc) is 3.03. The largest absolute Gasteiger partial charge is 0.399 e. The summed E-state index contributed by atoms with van der Waals surface area (Å²) in [6, 6.07) is 6.08. The maximum absolute atomic E-state index is 12.6. The molecule has 2 aliphatic heterocycles. The molecule has 0 unspecified atom stereocenters. The van der Waals surface area contributed by atoms with Gasteiger partial charge in [-0.05, 0) is 72.9 Å². The molecule has 2 aliphatic rings. The number of likely N-dealkylation sites (tertiary alicyclic amines) is 2. The molecule has 4 nitrogen and oxygen atoms in total. The zero-order valence-corrected chi connectivity index (χ0v) is 13.8. The summed E-state index contributed by atoms with van der Waals surface area (Å²) in [6.45, 7) is 4.17. The molecule has 0 aromatic heterocycles. The van der Waals surface area contributed by atoms with E-state index in [2.05, 4.69) is 20.8 Å². The molecule has 1 aromatic carbocycles. The standard InChI is InChI=1S/C16H22BrN3O/c17-15-4-3-12(18)11-14(15)16(21)20-9-5-13(6-10-20)19-7-1-2-8-19/h3-4,11,13H,1-2,5-10,18H2. The Kier molecular flexibility index (Phi) is 4.50. The lowest BCUT2D eigenvalue weighted by Crippen LogP contribution is -2.46. The number of halogens is 1. The van der Waals surface area contributed by atoms with Gasteiger partial charge in [0, 0.05) is 29.3 Å². The van der Waals surface area contributed by atoms with Crippen molar-refractivity contribution in [3.05, 3.63) is 28.2 Å². The highest BCUT2D eigenvalue weighted by Crippen LogP contribution is 2.25. The number of benzene rings is 1. The van der Waals surface area contributed by atoms with E-state index in [9.17, 15) is 4.79 Å². The number of nitrogen functional groups attached to an aromatic ring is 1. The van der Waals surface area contributed by atoms with Crippen LogP contribution in [0, 0.1) is 0 Å². The number of carbonyl (C=O) groups is 1. The van der Waals surface area contributed by atoms with Crippen LogP contribution in [0.4, 0.5) is 5.69 Å². The third-order valence-electron chi connectivity index (χ3n) is 4.63. The molecule has 0 radical (unpaired) electrons. The van der Waals surface area contributed by atoms with Crippen LogP contribution in [0.1, 0.15) is 36.0 Å². The number of hydrogen-bond acceptors (Lipinski definition) is 3. The van der Waals surface area contributed by atoms with Crippen molar-refractivity contribution in [1.29, 1.82) is 0 Å². The first-order chi connectivity index (χ1) is 10.1. The first kappa shape index (κ1) is 14.9. The van der Waals surface area contributed by atoms with Gasteiger partial charge in [-0.15, -0.1) is 0 Å². The number of nitrogens with zero attached hydrogens (tertiary/aromatic N) is 2. The number of hydrogen-bond donors (Lipinski definition) is 1. The first-order valence-corrected chi connectivity index (χ1v) is 8.53. The second-order valence-electron chi connectivity index (χ2n) is 6.01. The maximum Gasteiger partial charge on any atom is 0.255 e. The Morgan fingerprint density at radius 2 is 1.81 bits per heavy atom. The molecule has 1 aromatic rings. The lowest BCUT2D eigenvalue weighted by atomic mass is 10.0. The molecule has 3 rings (SSSR count). The number of anilines is 1. The van der Waals surface area contributed by atoms with E-state index in [0.717, 1.165) is 30.4 Å². The topological polar surface area (TPSA) is 49.6 Å². The molecule has 21 heavy (non-hydrogen) atoms. The minimum Gasteiger partial charge on any atom is -0.399 e. The molecule has 0 bridgehead atoms. The SMILES string of the molecule is Nc1ccc(Br)c(C(=O)N2CCC(N3CCCC3)CC2)c1. The van der Waals surface area contributed by atoms with Crippen LogP contribution in [0.2, 0.25) is 0 Å². The van der Waals surface area contributed by atoms with Crippen LogP contribution in [-0.2, 0) is 0 Å².